The lowest BCUT2D eigenvalue weighted by atomic mass is 9.91. The Hall–Kier alpha value is -2.08. The topological polar surface area (TPSA) is 89.8 Å². The van der Waals surface area contributed by atoms with Crippen molar-refractivity contribution >= 4 is 16.9 Å². The maximum atomic E-state index is 11.8. The van der Waals surface area contributed by atoms with Crippen molar-refractivity contribution in [3.63, 3.8) is 0 Å². The number of benzene rings is 1. The average Bonchev–Trinajstić information content (AvgIpc) is 2.82. The molecule has 114 valence electrons. The maximum absolute atomic E-state index is 11.8. The van der Waals surface area contributed by atoms with Gasteiger partial charge >= 0.3 is 5.69 Å². The van der Waals surface area contributed by atoms with Crippen molar-refractivity contribution in [1.82, 2.24) is 20.6 Å². The van der Waals surface area contributed by atoms with Gasteiger partial charge in [-0.05, 0) is 38.5 Å². The molecule has 1 aromatic heterocycles. The van der Waals surface area contributed by atoms with Gasteiger partial charge in [0.1, 0.15) is 0 Å². The van der Waals surface area contributed by atoms with Crippen LogP contribution in [-0.4, -0.2) is 29.5 Å². The Morgan fingerprint density at radius 1 is 1.29 bits per heavy atom. The molecule has 0 aliphatic carbocycles. The molecule has 0 aliphatic rings. The molecule has 21 heavy (non-hydrogen) atoms. The van der Waals surface area contributed by atoms with E-state index in [1.165, 1.54) is 0 Å². The van der Waals surface area contributed by atoms with Crippen LogP contribution < -0.4 is 16.3 Å². The first-order chi connectivity index (χ1) is 9.83. The molecule has 6 heteroatoms. The van der Waals surface area contributed by atoms with Gasteiger partial charge in [0.05, 0.1) is 16.4 Å². The SMILES string of the molecule is CNC(=O)C(C)(C)CNC(C)c1ccc2[nH]c(=O)[nH]c2c1. The van der Waals surface area contributed by atoms with Crippen molar-refractivity contribution < 1.29 is 4.79 Å². The Morgan fingerprint density at radius 3 is 2.62 bits per heavy atom. The van der Waals surface area contributed by atoms with Gasteiger partial charge in [0.25, 0.3) is 0 Å². The van der Waals surface area contributed by atoms with E-state index in [1.54, 1.807) is 7.05 Å². The molecule has 2 aromatic rings. The summed E-state index contributed by atoms with van der Waals surface area (Å²) in [4.78, 5) is 28.5. The molecule has 1 amide bonds. The number of aromatic amines is 2. The van der Waals surface area contributed by atoms with Crippen LogP contribution in [0.4, 0.5) is 0 Å². The number of amides is 1. The van der Waals surface area contributed by atoms with Gasteiger partial charge in [0.15, 0.2) is 0 Å². The largest absolute Gasteiger partial charge is 0.359 e. The number of nitrogens with one attached hydrogen (secondary N) is 4. The highest BCUT2D eigenvalue weighted by Gasteiger charge is 2.26. The molecular formula is C15H22N4O2. The van der Waals surface area contributed by atoms with Gasteiger partial charge in [-0.2, -0.15) is 0 Å². The van der Waals surface area contributed by atoms with Crippen molar-refractivity contribution in [3.05, 3.63) is 34.2 Å². The second-order valence-corrected chi connectivity index (χ2v) is 5.95. The third-order valence-corrected chi connectivity index (χ3v) is 3.73. The number of hydrogen-bond donors (Lipinski definition) is 4. The van der Waals surface area contributed by atoms with Crippen LogP contribution in [-0.2, 0) is 4.79 Å². The summed E-state index contributed by atoms with van der Waals surface area (Å²) in [5.41, 5.74) is 1.96. The molecule has 1 atom stereocenters. The minimum atomic E-state index is -0.477. The highest BCUT2D eigenvalue weighted by atomic mass is 16.2. The summed E-state index contributed by atoms with van der Waals surface area (Å²) in [5.74, 6) is 0.00705. The third kappa shape index (κ3) is 3.33. The predicted octanol–water partition coefficient (Wildman–Crippen LogP) is 1.28. The zero-order chi connectivity index (χ0) is 15.6. The number of carbonyl (C=O) groups is 1. The summed E-state index contributed by atoms with van der Waals surface area (Å²) < 4.78 is 0. The summed E-state index contributed by atoms with van der Waals surface area (Å²) in [5, 5.41) is 6.04. The van der Waals surface area contributed by atoms with Crippen molar-refractivity contribution in [2.24, 2.45) is 5.41 Å². The normalized spacial score (nSPS) is 13.3. The number of hydrogen-bond acceptors (Lipinski definition) is 3. The monoisotopic (exact) mass is 290 g/mol. The summed E-state index contributed by atoms with van der Waals surface area (Å²) in [6, 6.07) is 5.87. The molecule has 0 bridgehead atoms. The van der Waals surface area contributed by atoms with Crippen LogP contribution in [0.25, 0.3) is 11.0 Å². The Morgan fingerprint density at radius 2 is 1.95 bits per heavy atom. The van der Waals surface area contributed by atoms with Gasteiger partial charge in [-0.25, -0.2) is 4.79 Å². The first-order valence-electron chi connectivity index (χ1n) is 7.01. The molecule has 0 spiro atoms. The number of H-pyrrole nitrogens is 2. The second kappa shape index (κ2) is 5.73. The first-order valence-corrected chi connectivity index (χ1v) is 7.01. The number of aromatic nitrogens is 2. The standard InChI is InChI=1S/C15H22N4O2/c1-9(17-8-15(2,3)13(20)16-4)10-5-6-11-12(7-10)19-14(21)18-11/h5-7,9,17H,8H2,1-4H3,(H,16,20)(H2,18,19,21). The van der Waals surface area contributed by atoms with E-state index in [0.717, 1.165) is 16.6 Å². The number of rotatable bonds is 5. The highest BCUT2D eigenvalue weighted by molar-refractivity contribution is 5.81. The zero-order valence-corrected chi connectivity index (χ0v) is 12.8. The Labute approximate surface area is 123 Å². The van der Waals surface area contributed by atoms with Crippen LogP contribution in [0, 0.1) is 5.41 Å². The van der Waals surface area contributed by atoms with Gasteiger partial charge in [-0.1, -0.05) is 6.07 Å². The van der Waals surface area contributed by atoms with Gasteiger partial charge in [-0.15, -0.1) is 0 Å². The van der Waals surface area contributed by atoms with Crippen LogP contribution in [0.5, 0.6) is 0 Å². The van der Waals surface area contributed by atoms with Gasteiger partial charge < -0.3 is 20.6 Å². The van der Waals surface area contributed by atoms with E-state index in [4.69, 9.17) is 0 Å². The summed E-state index contributed by atoms with van der Waals surface area (Å²) in [7, 11) is 1.64. The van der Waals surface area contributed by atoms with Crippen molar-refractivity contribution in [3.8, 4) is 0 Å². The molecule has 1 unspecified atom stereocenters. The number of imidazole rings is 1. The molecule has 4 N–H and O–H groups in total. The average molecular weight is 290 g/mol. The molecule has 6 nitrogen and oxygen atoms in total. The Kier molecular flexibility index (Phi) is 4.18. The molecule has 0 fully saturated rings. The van der Waals surface area contributed by atoms with E-state index in [1.807, 2.05) is 39.0 Å². The fourth-order valence-corrected chi connectivity index (χ4v) is 2.26. The molecule has 2 rings (SSSR count). The molecule has 0 saturated carbocycles. The van der Waals surface area contributed by atoms with Crippen LogP contribution in [0.15, 0.2) is 23.0 Å². The second-order valence-electron chi connectivity index (χ2n) is 5.95. The van der Waals surface area contributed by atoms with Crippen molar-refractivity contribution in [1.29, 1.82) is 0 Å². The van der Waals surface area contributed by atoms with Crippen molar-refractivity contribution in [2.45, 2.75) is 26.8 Å². The lowest BCUT2D eigenvalue weighted by Gasteiger charge is -2.25. The molecule has 1 aromatic carbocycles. The van der Waals surface area contributed by atoms with Crippen LogP contribution in [0.3, 0.4) is 0 Å². The van der Waals surface area contributed by atoms with Crippen LogP contribution in [0.1, 0.15) is 32.4 Å². The smallest absolute Gasteiger partial charge is 0.323 e. The number of carbonyl (C=O) groups excluding carboxylic acids is 1. The minimum Gasteiger partial charge on any atom is -0.359 e. The molecule has 0 aliphatic heterocycles. The van der Waals surface area contributed by atoms with E-state index in [0.29, 0.717) is 6.54 Å². The third-order valence-electron chi connectivity index (χ3n) is 3.73. The number of fused-ring (bicyclic) bond motifs is 1. The predicted molar refractivity (Wildman–Crippen MR) is 83.2 cm³/mol. The zero-order valence-electron chi connectivity index (χ0n) is 12.8. The lowest BCUT2D eigenvalue weighted by molar-refractivity contribution is -0.128. The molecule has 1 heterocycles. The minimum absolute atomic E-state index is 0.00705. The van der Waals surface area contributed by atoms with Gasteiger partial charge in [0, 0.05) is 19.6 Å². The van der Waals surface area contributed by atoms with E-state index in [-0.39, 0.29) is 17.6 Å². The summed E-state index contributed by atoms with van der Waals surface area (Å²) in [6.07, 6.45) is 0. The molecule has 0 radical (unpaired) electrons. The van der Waals surface area contributed by atoms with Gasteiger partial charge in [0.2, 0.25) is 5.91 Å². The Balaban J connectivity index is 2.09. The summed E-state index contributed by atoms with van der Waals surface area (Å²) >= 11 is 0. The quantitative estimate of drug-likeness (QED) is 0.668. The maximum Gasteiger partial charge on any atom is 0.323 e. The van der Waals surface area contributed by atoms with Gasteiger partial charge in [-0.3, -0.25) is 4.79 Å². The van der Waals surface area contributed by atoms with Crippen LogP contribution >= 0.6 is 0 Å². The highest BCUT2D eigenvalue weighted by Crippen LogP contribution is 2.19. The van der Waals surface area contributed by atoms with E-state index in [9.17, 15) is 9.59 Å². The van der Waals surface area contributed by atoms with E-state index >= 15 is 0 Å². The first kappa shape index (κ1) is 15.3. The van der Waals surface area contributed by atoms with Crippen molar-refractivity contribution in [2.75, 3.05) is 13.6 Å². The van der Waals surface area contributed by atoms with Crippen LogP contribution in [0.2, 0.25) is 0 Å². The fourth-order valence-electron chi connectivity index (χ4n) is 2.26. The van der Waals surface area contributed by atoms with E-state index in [2.05, 4.69) is 20.6 Å². The molecular weight excluding hydrogens is 268 g/mol. The van der Waals surface area contributed by atoms with E-state index < -0.39 is 5.41 Å². The Bertz CT molecular complexity index is 699. The lowest BCUT2D eigenvalue weighted by Crippen LogP contribution is -2.42. The fraction of sp³-hybridized carbons (Fsp3) is 0.467. The molecule has 0 saturated heterocycles. The summed E-state index contributed by atoms with van der Waals surface area (Å²) in [6.45, 7) is 6.40.